The zero-order valence-corrected chi connectivity index (χ0v) is 12.2. The van der Waals surface area contributed by atoms with Crippen molar-refractivity contribution in [1.29, 1.82) is 0 Å². The summed E-state index contributed by atoms with van der Waals surface area (Å²) in [7, 11) is -0.290. The number of aromatic nitrogens is 1. The van der Waals surface area contributed by atoms with Crippen LogP contribution in [0.2, 0.25) is 0 Å². The third kappa shape index (κ3) is 2.32. The SMILES string of the molecule is CCc1cc(B2OC(C)(C)C(C)(C)O2)cc(C)n1. The highest BCUT2D eigenvalue weighted by atomic mass is 16.7. The molecule has 0 aliphatic carbocycles. The highest BCUT2D eigenvalue weighted by Gasteiger charge is 2.51. The van der Waals surface area contributed by atoms with Crippen LogP contribution >= 0.6 is 0 Å². The minimum absolute atomic E-state index is 0.290. The van der Waals surface area contributed by atoms with E-state index in [0.717, 1.165) is 23.3 Å². The Morgan fingerprint density at radius 3 is 2.17 bits per heavy atom. The Kier molecular flexibility index (Phi) is 3.28. The highest BCUT2D eigenvalue weighted by Crippen LogP contribution is 2.36. The van der Waals surface area contributed by atoms with E-state index in [-0.39, 0.29) is 18.3 Å². The van der Waals surface area contributed by atoms with Gasteiger partial charge in [0.1, 0.15) is 0 Å². The van der Waals surface area contributed by atoms with Crippen LogP contribution in [0.3, 0.4) is 0 Å². The van der Waals surface area contributed by atoms with Gasteiger partial charge in [-0.05, 0) is 58.6 Å². The minimum Gasteiger partial charge on any atom is -0.399 e. The summed E-state index contributed by atoms with van der Waals surface area (Å²) in [6.45, 7) is 12.4. The molecular weight excluding hydrogens is 225 g/mol. The van der Waals surface area contributed by atoms with Gasteiger partial charge < -0.3 is 9.31 Å². The Balaban J connectivity index is 2.32. The molecule has 0 unspecified atom stereocenters. The van der Waals surface area contributed by atoms with Crippen molar-refractivity contribution < 1.29 is 9.31 Å². The lowest BCUT2D eigenvalue weighted by atomic mass is 9.79. The molecule has 1 aromatic rings. The molecule has 0 atom stereocenters. The van der Waals surface area contributed by atoms with E-state index < -0.39 is 0 Å². The van der Waals surface area contributed by atoms with E-state index >= 15 is 0 Å². The zero-order chi connectivity index (χ0) is 13.6. The van der Waals surface area contributed by atoms with Crippen LogP contribution in [0, 0.1) is 6.92 Å². The molecule has 1 aromatic heterocycles. The van der Waals surface area contributed by atoms with Crippen LogP contribution in [0.4, 0.5) is 0 Å². The molecule has 1 saturated heterocycles. The molecule has 2 heterocycles. The molecule has 0 aromatic carbocycles. The monoisotopic (exact) mass is 247 g/mol. The smallest absolute Gasteiger partial charge is 0.399 e. The first kappa shape index (κ1) is 13.6. The van der Waals surface area contributed by atoms with Crippen molar-refractivity contribution >= 4 is 12.6 Å². The highest BCUT2D eigenvalue weighted by molar-refractivity contribution is 6.62. The summed E-state index contributed by atoms with van der Waals surface area (Å²) in [6, 6.07) is 4.12. The third-order valence-electron chi connectivity index (χ3n) is 3.92. The van der Waals surface area contributed by atoms with Crippen molar-refractivity contribution in [3.8, 4) is 0 Å². The Hall–Kier alpha value is -0.865. The summed E-state index contributed by atoms with van der Waals surface area (Å²) in [5.41, 5.74) is 2.58. The second-order valence-corrected chi connectivity index (χ2v) is 5.98. The normalized spacial score (nSPS) is 21.3. The molecule has 3 nitrogen and oxygen atoms in total. The Morgan fingerprint density at radius 1 is 1.11 bits per heavy atom. The molecule has 1 fully saturated rings. The number of aryl methyl sites for hydroxylation is 2. The fourth-order valence-electron chi connectivity index (χ4n) is 2.06. The lowest BCUT2D eigenvalue weighted by molar-refractivity contribution is 0.00578. The van der Waals surface area contributed by atoms with Gasteiger partial charge in [-0.15, -0.1) is 0 Å². The van der Waals surface area contributed by atoms with E-state index in [0.29, 0.717) is 0 Å². The summed E-state index contributed by atoms with van der Waals surface area (Å²) in [6.07, 6.45) is 0.925. The van der Waals surface area contributed by atoms with E-state index in [1.807, 2.05) is 13.0 Å². The molecule has 4 heteroatoms. The fourth-order valence-corrected chi connectivity index (χ4v) is 2.06. The van der Waals surface area contributed by atoms with Crippen molar-refractivity contribution in [2.75, 3.05) is 0 Å². The quantitative estimate of drug-likeness (QED) is 0.751. The number of rotatable bonds is 2. The lowest BCUT2D eigenvalue weighted by Gasteiger charge is -2.32. The maximum atomic E-state index is 6.05. The van der Waals surface area contributed by atoms with Crippen molar-refractivity contribution in [2.24, 2.45) is 0 Å². The van der Waals surface area contributed by atoms with Crippen molar-refractivity contribution in [3.05, 3.63) is 23.5 Å². The average Bonchev–Trinajstić information content (AvgIpc) is 2.47. The molecule has 0 N–H and O–H groups in total. The van der Waals surface area contributed by atoms with E-state index in [2.05, 4.69) is 45.7 Å². The topological polar surface area (TPSA) is 31.4 Å². The van der Waals surface area contributed by atoms with E-state index in [1.165, 1.54) is 0 Å². The average molecular weight is 247 g/mol. The van der Waals surface area contributed by atoms with Gasteiger partial charge in [0.05, 0.1) is 11.2 Å². The molecule has 2 rings (SSSR count). The first-order chi connectivity index (χ1) is 8.25. The van der Waals surface area contributed by atoms with Gasteiger partial charge in [-0.25, -0.2) is 0 Å². The maximum Gasteiger partial charge on any atom is 0.494 e. The first-order valence-electron chi connectivity index (χ1n) is 6.58. The standard InChI is InChI=1S/C14H22BNO2/c1-7-12-9-11(8-10(2)16-12)15-17-13(3,4)14(5,6)18-15/h8-9H,7H2,1-6H3. The summed E-state index contributed by atoms with van der Waals surface area (Å²) in [5, 5.41) is 0. The van der Waals surface area contributed by atoms with E-state index in [9.17, 15) is 0 Å². The number of hydrogen-bond acceptors (Lipinski definition) is 3. The van der Waals surface area contributed by atoms with Gasteiger partial charge in [-0.2, -0.15) is 0 Å². The van der Waals surface area contributed by atoms with Crippen LogP contribution in [0.1, 0.15) is 46.0 Å². The molecule has 0 radical (unpaired) electrons. The van der Waals surface area contributed by atoms with Crippen molar-refractivity contribution in [1.82, 2.24) is 4.98 Å². The molecule has 18 heavy (non-hydrogen) atoms. The van der Waals surface area contributed by atoms with Crippen LogP contribution in [0.15, 0.2) is 12.1 Å². The Labute approximate surface area is 110 Å². The summed E-state index contributed by atoms with van der Waals surface area (Å²) in [4.78, 5) is 4.49. The molecule has 0 spiro atoms. The molecule has 0 amide bonds. The lowest BCUT2D eigenvalue weighted by Crippen LogP contribution is -2.41. The van der Waals surface area contributed by atoms with Gasteiger partial charge in [-0.3, -0.25) is 4.98 Å². The molecule has 98 valence electrons. The zero-order valence-electron chi connectivity index (χ0n) is 12.2. The van der Waals surface area contributed by atoms with Gasteiger partial charge in [0, 0.05) is 11.4 Å². The molecule has 1 aliphatic rings. The predicted molar refractivity (Wildman–Crippen MR) is 74.1 cm³/mol. The third-order valence-corrected chi connectivity index (χ3v) is 3.92. The van der Waals surface area contributed by atoms with Gasteiger partial charge in [0.25, 0.3) is 0 Å². The molecule has 0 bridgehead atoms. The van der Waals surface area contributed by atoms with Gasteiger partial charge in [-0.1, -0.05) is 6.92 Å². The Bertz CT molecular complexity index is 441. The number of hydrogen-bond donors (Lipinski definition) is 0. The van der Waals surface area contributed by atoms with Crippen molar-refractivity contribution in [3.63, 3.8) is 0 Å². The fraction of sp³-hybridized carbons (Fsp3) is 0.643. The summed E-state index contributed by atoms with van der Waals surface area (Å²) in [5.74, 6) is 0. The van der Waals surface area contributed by atoms with Crippen LogP contribution in [-0.2, 0) is 15.7 Å². The van der Waals surface area contributed by atoms with Gasteiger partial charge in [0.2, 0.25) is 0 Å². The van der Waals surface area contributed by atoms with E-state index in [1.54, 1.807) is 0 Å². The Morgan fingerprint density at radius 2 is 1.67 bits per heavy atom. The summed E-state index contributed by atoms with van der Waals surface area (Å²) >= 11 is 0. The summed E-state index contributed by atoms with van der Waals surface area (Å²) < 4.78 is 12.1. The molecule has 1 aliphatic heterocycles. The second kappa shape index (κ2) is 4.35. The van der Waals surface area contributed by atoms with Crippen LogP contribution in [0.25, 0.3) is 0 Å². The number of pyridine rings is 1. The van der Waals surface area contributed by atoms with Crippen LogP contribution < -0.4 is 5.46 Å². The molecule has 0 saturated carbocycles. The number of nitrogens with zero attached hydrogens (tertiary/aromatic N) is 1. The van der Waals surface area contributed by atoms with Crippen LogP contribution in [-0.4, -0.2) is 23.3 Å². The van der Waals surface area contributed by atoms with Gasteiger partial charge in [0.15, 0.2) is 0 Å². The molecular formula is C14H22BNO2. The maximum absolute atomic E-state index is 6.05. The minimum atomic E-state index is -0.290. The van der Waals surface area contributed by atoms with Crippen molar-refractivity contribution in [2.45, 2.75) is 59.2 Å². The predicted octanol–water partition coefficient (Wildman–Crippen LogP) is 2.25. The first-order valence-corrected chi connectivity index (χ1v) is 6.58. The largest absolute Gasteiger partial charge is 0.494 e. The van der Waals surface area contributed by atoms with Crippen LogP contribution in [0.5, 0.6) is 0 Å². The second-order valence-electron chi connectivity index (χ2n) is 5.98. The van der Waals surface area contributed by atoms with Gasteiger partial charge >= 0.3 is 7.12 Å². The van der Waals surface area contributed by atoms with E-state index in [4.69, 9.17) is 9.31 Å².